The van der Waals surface area contributed by atoms with Crippen LogP contribution < -0.4 is 14.9 Å². The van der Waals surface area contributed by atoms with Gasteiger partial charge in [0.25, 0.3) is 15.9 Å². The van der Waals surface area contributed by atoms with Gasteiger partial charge in [-0.3, -0.25) is 9.69 Å². The summed E-state index contributed by atoms with van der Waals surface area (Å²) >= 11 is 7.92. The van der Waals surface area contributed by atoms with Crippen molar-refractivity contribution in [3.63, 3.8) is 0 Å². The van der Waals surface area contributed by atoms with Crippen molar-refractivity contribution in [1.29, 1.82) is 0 Å². The highest BCUT2D eigenvalue weighted by Crippen LogP contribution is 2.28. The summed E-state index contributed by atoms with van der Waals surface area (Å²) in [5, 5.41) is 4.40. The van der Waals surface area contributed by atoms with Gasteiger partial charge in [-0.1, -0.05) is 73.1 Å². The van der Waals surface area contributed by atoms with Gasteiger partial charge in [0.2, 0.25) is 0 Å². The van der Waals surface area contributed by atoms with Crippen LogP contribution in [0, 0.1) is 0 Å². The number of amides is 1. The lowest BCUT2D eigenvalue weighted by molar-refractivity contribution is 0.0976. The van der Waals surface area contributed by atoms with E-state index in [2.05, 4.69) is 92.3 Å². The number of piperazine rings is 1. The molecule has 12 heteroatoms. The molecular formula is C43H49ClN6O3S2. The van der Waals surface area contributed by atoms with Crippen molar-refractivity contribution in [2.45, 2.75) is 42.1 Å². The van der Waals surface area contributed by atoms with E-state index in [0.717, 1.165) is 79.0 Å². The van der Waals surface area contributed by atoms with Crippen LogP contribution in [0.3, 0.4) is 0 Å². The number of aryl methyl sites for hydroxylation is 1. The molecule has 2 heterocycles. The lowest BCUT2D eigenvalue weighted by Crippen LogP contribution is -2.46. The lowest BCUT2D eigenvalue weighted by Gasteiger charge is -2.36. The molecule has 9 nitrogen and oxygen atoms in total. The molecule has 0 bridgehead atoms. The van der Waals surface area contributed by atoms with E-state index in [1.165, 1.54) is 16.0 Å². The zero-order chi connectivity index (χ0) is 38.8. The molecule has 0 saturated carbocycles. The van der Waals surface area contributed by atoms with E-state index in [9.17, 15) is 13.2 Å². The number of carbonyl (C=O) groups excluding carboxylic acids is 1. The average molecular weight is 797 g/mol. The van der Waals surface area contributed by atoms with Crippen molar-refractivity contribution < 1.29 is 13.2 Å². The fourth-order valence-corrected chi connectivity index (χ4v) is 8.76. The van der Waals surface area contributed by atoms with Gasteiger partial charge in [-0.15, -0.1) is 11.8 Å². The van der Waals surface area contributed by atoms with Gasteiger partial charge in [-0.25, -0.2) is 18.1 Å². The Morgan fingerprint density at radius 1 is 0.891 bits per heavy atom. The number of sulfonamides is 1. The highest BCUT2D eigenvalue weighted by Gasteiger charge is 2.23. The smallest absolute Gasteiger partial charge is 0.283 e. The molecule has 1 amide bonds. The number of anilines is 2. The molecule has 6 rings (SSSR count). The minimum atomic E-state index is -4.14. The van der Waals surface area contributed by atoms with Gasteiger partial charge in [-0.2, -0.15) is 0 Å². The second-order valence-corrected chi connectivity index (χ2v) is 17.2. The van der Waals surface area contributed by atoms with Crippen LogP contribution in [0.4, 0.5) is 11.4 Å². The summed E-state index contributed by atoms with van der Waals surface area (Å²) in [6, 6.07) is 35.3. The van der Waals surface area contributed by atoms with Crippen LogP contribution in [-0.4, -0.2) is 87.7 Å². The van der Waals surface area contributed by atoms with Gasteiger partial charge < -0.3 is 15.1 Å². The van der Waals surface area contributed by atoms with E-state index in [1.807, 2.05) is 43.3 Å². The normalized spacial score (nSPS) is 14.2. The first-order valence-corrected chi connectivity index (χ1v) is 21.5. The molecule has 0 spiro atoms. The topological polar surface area (TPSA) is 97.9 Å². The number of hydrogen-bond acceptors (Lipinski definition) is 9. The number of carbonyl (C=O) groups is 1. The van der Waals surface area contributed by atoms with Crippen molar-refractivity contribution >= 4 is 50.7 Å². The molecule has 1 atom stereocenters. The maximum Gasteiger partial charge on any atom is 0.283 e. The van der Waals surface area contributed by atoms with Crippen LogP contribution in [-0.2, 0) is 23.0 Å². The van der Waals surface area contributed by atoms with Gasteiger partial charge in [0, 0.05) is 60.1 Å². The van der Waals surface area contributed by atoms with E-state index in [-0.39, 0.29) is 16.6 Å². The number of halogens is 1. The van der Waals surface area contributed by atoms with E-state index in [4.69, 9.17) is 11.6 Å². The summed E-state index contributed by atoms with van der Waals surface area (Å²) in [6.07, 6.45) is 3.19. The predicted molar refractivity (Wildman–Crippen MR) is 227 cm³/mol. The second kappa shape index (κ2) is 19.0. The number of nitrogens with zero attached hydrogens (tertiary/aromatic N) is 4. The number of nitrogens with one attached hydrogen (secondary N) is 2. The van der Waals surface area contributed by atoms with Crippen molar-refractivity contribution in [3.05, 3.63) is 137 Å². The van der Waals surface area contributed by atoms with Gasteiger partial charge in [0.15, 0.2) is 0 Å². The molecule has 0 radical (unpaired) electrons. The molecule has 1 aromatic heterocycles. The maximum absolute atomic E-state index is 13.4. The summed E-state index contributed by atoms with van der Waals surface area (Å²) < 4.78 is 29.1. The molecule has 288 valence electrons. The van der Waals surface area contributed by atoms with Gasteiger partial charge in [-0.05, 0) is 110 Å². The first-order valence-electron chi connectivity index (χ1n) is 18.6. The number of aromatic nitrogens is 1. The standard InChI is InChI=1S/C43H49ClN6O3S2/c1-4-32-28-39(19-21-41(32)46-36(22-23-48(2)3)31-54-38-11-6-5-7-12-38)55(52,53)47-43(51)42-20-18-37(29-45-42)50-26-24-49(25-27-50)30-34-10-8-9-13-40(34)33-14-16-35(44)17-15-33/h5-21,28-29,36,46H,4,22-27,30-31H2,1-3H3,(H,47,51)/t36-/m1/s1. The fourth-order valence-electron chi connectivity index (χ4n) is 6.63. The van der Waals surface area contributed by atoms with Crippen LogP contribution in [0.1, 0.15) is 35.0 Å². The van der Waals surface area contributed by atoms with E-state index >= 15 is 0 Å². The molecule has 1 aliphatic rings. The molecule has 1 saturated heterocycles. The molecule has 1 fully saturated rings. The largest absolute Gasteiger partial charge is 0.381 e. The Kier molecular flexibility index (Phi) is 13.9. The molecule has 5 aromatic rings. The third kappa shape index (κ3) is 11.1. The van der Waals surface area contributed by atoms with Crippen LogP contribution >= 0.6 is 23.4 Å². The Balaban J connectivity index is 1.04. The SMILES string of the molecule is CCc1cc(S(=O)(=O)NC(=O)c2ccc(N3CCN(Cc4ccccc4-c4ccc(Cl)cc4)CC3)cn2)ccc1N[C@H](CCN(C)C)CSc1ccccc1. The van der Waals surface area contributed by atoms with E-state index < -0.39 is 15.9 Å². The van der Waals surface area contributed by atoms with Crippen molar-refractivity contribution in [1.82, 2.24) is 19.5 Å². The summed E-state index contributed by atoms with van der Waals surface area (Å²) in [4.78, 5) is 25.6. The van der Waals surface area contributed by atoms with Crippen LogP contribution in [0.25, 0.3) is 11.1 Å². The molecular weight excluding hydrogens is 748 g/mol. The predicted octanol–water partition coefficient (Wildman–Crippen LogP) is 7.93. The summed E-state index contributed by atoms with van der Waals surface area (Å²) in [6.45, 7) is 7.09. The maximum atomic E-state index is 13.4. The summed E-state index contributed by atoms with van der Waals surface area (Å²) in [5.74, 6) is 0.0950. The Labute approximate surface area is 335 Å². The molecule has 0 aliphatic carbocycles. The van der Waals surface area contributed by atoms with Crippen LogP contribution in [0.5, 0.6) is 0 Å². The highest BCUT2D eigenvalue weighted by atomic mass is 35.5. The number of thioether (sulfide) groups is 1. The average Bonchev–Trinajstić information content (AvgIpc) is 3.20. The highest BCUT2D eigenvalue weighted by molar-refractivity contribution is 7.99. The monoisotopic (exact) mass is 796 g/mol. The number of hydrogen-bond donors (Lipinski definition) is 2. The summed E-state index contributed by atoms with van der Waals surface area (Å²) in [5.41, 5.74) is 6.30. The van der Waals surface area contributed by atoms with E-state index in [0.29, 0.717) is 6.42 Å². The molecule has 4 aromatic carbocycles. The number of benzene rings is 4. The molecule has 55 heavy (non-hydrogen) atoms. The zero-order valence-electron chi connectivity index (χ0n) is 31.6. The lowest BCUT2D eigenvalue weighted by atomic mass is 9.99. The third-order valence-electron chi connectivity index (χ3n) is 9.76. The van der Waals surface area contributed by atoms with Gasteiger partial charge in [0.05, 0.1) is 16.8 Å². The Morgan fingerprint density at radius 2 is 1.62 bits per heavy atom. The number of rotatable bonds is 16. The second-order valence-electron chi connectivity index (χ2n) is 14.0. The Hall–Kier alpha value is -4.39. The zero-order valence-corrected chi connectivity index (χ0v) is 34.0. The third-order valence-corrected chi connectivity index (χ3v) is 12.5. The molecule has 2 N–H and O–H groups in total. The van der Waals surface area contributed by atoms with Crippen LogP contribution in [0.15, 0.2) is 125 Å². The van der Waals surface area contributed by atoms with Crippen LogP contribution in [0.2, 0.25) is 5.02 Å². The van der Waals surface area contributed by atoms with Gasteiger partial charge >= 0.3 is 0 Å². The Morgan fingerprint density at radius 3 is 2.31 bits per heavy atom. The Bertz CT molecular complexity index is 2130. The quantitative estimate of drug-likeness (QED) is 0.0966. The minimum Gasteiger partial charge on any atom is -0.381 e. The first-order chi connectivity index (χ1) is 26.6. The fraction of sp³-hybridized carbons (Fsp3) is 0.302. The first kappa shape index (κ1) is 40.3. The van der Waals surface area contributed by atoms with Gasteiger partial charge in [0.1, 0.15) is 5.69 Å². The minimum absolute atomic E-state index is 0.0389. The summed E-state index contributed by atoms with van der Waals surface area (Å²) in [7, 11) is -0.0177. The van der Waals surface area contributed by atoms with Crippen molar-refractivity contribution in [2.24, 2.45) is 0 Å². The number of pyridine rings is 1. The van der Waals surface area contributed by atoms with Crippen molar-refractivity contribution in [3.8, 4) is 11.1 Å². The molecule has 1 aliphatic heterocycles. The molecule has 0 unspecified atom stereocenters. The van der Waals surface area contributed by atoms with E-state index in [1.54, 1.807) is 42.2 Å². The van der Waals surface area contributed by atoms with Crippen molar-refractivity contribution in [2.75, 3.05) is 62.8 Å².